The summed E-state index contributed by atoms with van der Waals surface area (Å²) in [4.78, 5) is 29.9. The number of para-hydroxylation sites is 1. The molecule has 1 fully saturated rings. The van der Waals surface area contributed by atoms with Crippen LogP contribution >= 0.6 is 0 Å². The summed E-state index contributed by atoms with van der Waals surface area (Å²) >= 11 is 0. The molecule has 1 aliphatic heterocycles. The van der Waals surface area contributed by atoms with Crippen molar-refractivity contribution in [1.82, 2.24) is 18.9 Å². The molecule has 1 aromatic heterocycles. The Morgan fingerprint density at radius 3 is 2.36 bits per heavy atom. The molecule has 9 heteroatoms. The fraction of sp³-hybridized carbons (Fsp3) is 0.467. The van der Waals surface area contributed by atoms with Crippen LogP contribution in [0.2, 0.25) is 0 Å². The predicted octanol–water partition coefficient (Wildman–Crippen LogP) is 3.91. The number of ether oxygens (including phenoxy) is 2. The average Bonchev–Trinajstić information content (AvgIpc) is 3.27. The highest BCUT2D eigenvalue weighted by Crippen LogP contribution is 2.16. The average molecular weight is 537 g/mol. The van der Waals surface area contributed by atoms with Crippen molar-refractivity contribution in [2.75, 3.05) is 32.8 Å². The lowest BCUT2D eigenvalue weighted by Crippen LogP contribution is -2.41. The van der Waals surface area contributed by atoms with Gasteiger partial charge in [0.15, 0.2) is 0 Å². The van der Waals surface area contributed by atoms with E-state index in [1.54, 1.807) is 26.4 Å². The summed E-state index contributed by atoms with van der Waals surface area (Å²) in [5.74, 6) is 0.732. The third-order valence-electron chi connectivity index (χ3n) is 6.66. The number of aliphatic hydroxyl groups excluding tert-OH is 1. The normalized spacial score (nSPS) is 14.8. The Morgan fingerprint density at radius 2 is 1.69 bits per heavy atom. The maximum absolute atomic E-state index is 13.1. The third-order valence-corrected chi connectivity index (χ3v) is 6.66. The number of piperidine rings is 1. The first kappa shape index (κ1) is 28.4. The number of hydrogen-bond donors (Lipinski definition) is 1. The van der Waals surface area contributed by atoms with Crippen LogP contribution in [0.25, 0.3) is 5.69 Å². The highest BCUT2D eigenvalue weighted by atomic mass is 16.6. The van der Waals surface area contributed by atoms with Crippen LogP contribution in [-0.4, -0.2) is 74.6 Å². The first-order chi connectivity index (χ1) is 18.7. The minimum Gasteiger partial charge on any atom is -0.492 e. The lowest BCUT2D eigenvalue weighted by Gasteiger charge is -2.29. The van der Waals surface area contributed by atoms with E-state index in [1.807, 2.05) is 75.4 Å². The van der Waals surface area contributed by atoms with Crippen molar-refractivity contribution in [2.45, 2.75) is 58.4 Å². The van der Waals surface area contributed by atoms with Gasteiger partial charge < -0.3 is 19.5 Å². The Hall–Kier alpha value is -3.56. The van der Waals surface area contributed by atoms with Crippen LogP contribution in [0.3, 0.4) is 0 Å². The first-order valence-electron chi connectivity index (χ1n) is 13.6. The van der Waals surface area contributed by atoms with Crippen molar-refractivity contribution in [3.05, 3.63) is 83.0 Å². The first-order valence-corrected chi connectivity index (χ1v) is 13.6. The fourth-order valence-electron chi connectivity index (χ4n) is 4.52. The Morgan fingerprint density at radius 1 is 1.00 bits per heavy atom. The molecular weight excluding hydrogens is 496 g/mol. The van der Waals surface area contributed by atoms with Crippen LogP contribution in [0.1, 0.15) is 39.2 Å². The number of aliphatic hydroxyl groups is 1. The molecule has 2 heterocycles. The molecule has 0 radical (unpaired) electrons. The second-order valence-electron chi connectivity index (χ2n) is 10.9. The molecule has 0 saturated carbocycles. The lowest BCUT2D eigenvalue weighted by molar-refractivity contribution is 0.0219. The maximum Gasteiger partial charge on any atom is 0.410 e. The number of hydrogen-bond acceptors (Lipinski definition) is 6. The summed E-state index contributed by atoms with van der Waals surface area (Å²) in [5, 5.41) is 9.71. The topological polar surface area (TPSA) is 89.2 Å². The van der Waals surface area contributed by atoms with E-state index in [4.69, 9.17) is 9.47 Å². The van der Waals surface area contributed by atoms with Gasteiger partial charge in [-0.1, -0.05) is 30.3 Å². The Labute approximate surface area is 230 Å². The van der Waals surface area contributed by atoms with Crippen molar-refractivity contribution < 1.29 is 19.4 Å². The molecule has 4 rings (SSSR count). The van der Waals surface area contributed by atoms with Crippen LogP contribution in [0.5, 0.6) is 5.75 Å². The highest BCUT2D eigenvalue weighted by Gasteiger charge is 2.22. The zero-order valence-electron chi connectivity index (χ0n) is 23.2. The summed E-state index contributed by atoms with van der Waals surface area (Å²) in [6.07, 6.45) is 4.49. The molecule has 3 aromatic rings. The second-order valence-corrected chi connectivity index (χ2v) is 10.9. The van der Waals surface area contributed by atoms with Gasteiger partial charge >= 0.3 is 11.8 Å². The second kappa shape index (κ2) is 13.0. The number of likely N-dealkylation sites (tertiary alicyclic amines) is 1. The van der Waals surface area contributed by atoms with Gasteiger partial charge in [0.05, 0.1) is 18.3 Å². The monoisotopic (exact) mass is 536 g/mol. The van der Waals surface area contributed by atoms with E-state index in [9.17, 15) is 14.7 Å². The van der Waals surface area contributed by atoms with Crippen LogP contribution in [-0.2, 0) is 17.8 Å². The minimum atomic E-state index is -0.628. The van der Waals surface area contributed by atoms with Crippen LogP contribution < -0.4 is 10.4 Å². The molecule has 1 aliphatic rings. The highest BCUT2D eigenvalue weighted by molar-refractivity contribution is 5.68. The van der Waals surface area contributed by atoms with Crippen LogP contribution in [0, 0.1) is 0 Å². The van der Waals surface area contributed by atoms with Gasteiger partial charge in [0, 0.05) is 45.1 Å². The van der Waals surface area contributed by atoms with Gasteiger partial charge in [-0.3, -0.25) is 14.0 Å². The number of amides is 1. The van der Waals surface area contributed by atoms with Crippen LogP contribution in [0.15, 0.2) is 71.8 Å². The van der Waals surface area contributed by atoms with E-state index < -0.39 is 11.7 Å². The molecule has 1 saturated heterocycles. The quantitative estimate of drug-likeness (QED) is 0.423. The molecule has 0 atom stereocenters. The smallest absolute Gasteiger partial charge is 0.410 e. The fourth-order valence-corrected chi connectivity index (χ4v) is 4.52. The Balaban J connectivity index is 1.36. The number of aromatic nitrogens is 2. The minimum absolute atomic E-state index is 0.169. The Kier molecular flexibility index (Phi) is 9.48. The van der Waals surface area contributed by atoms with E-state index in [2.05, 4.69) is 4.90 Å². The molecule has 0 spiro atoms. The molecule has 210 valence electrons. The molecule has 1 N–H and O–H groups in total. The SMILES string of the molecule is CC(C)(C)OC(=O)N(CCOc1ccccc1)CCn1ccn(-c2ccc(CN3CCC(O)CC3)cc2)c1=O. The van der Waals surface area contributed by atoms with Gasteiger partial charge in [-0.25, -0.2) is 9.59 Å². The van der Waals surface area contributed by atoms with E-state index in [1.165, 1.54) is 5.56 Å². The van der Waals surface area contributed by atoms with Crippen molar-refractivity contribution >= 4 is 6.09 Å². The van der Waals surface area contributed by atoms with Crippen LogP contribution in [0.4, 0.5) is 4.79 Å². The van der Waals surface area contributed by atoms with E-state index in [0.717, 1.165) is 43.9 Å². The zero-order valence-corrected chi connectivity index (χ0v) is 23.2. The van der Waals surface area contributed by atoms with E-state index in [0.29, 0.717) is 26.2 Å². The van der Waals surface area contributed by atoms with Gasteiger partial charge in [-0.05, 0) is 63.4 Å². The number of imidazole rings is 1. The molecule has 0 bridgehead atoms. The molecule has 39 heavy (non-hydrogen) atoms. The Bertz CT molecular complexity index is 1240. The predicted molar refractivity (Wildman–Crippen MR) is 150 cm³/mol. The van der Waals surface area contributed by atoms with E-state index in [-0.39, 0.29) is 11.8 Å². The molecule has 2 aromatic carbocycles. The van der Waals surface area contributed by atoms with Gasteiger partial charge in [0.2, 0.25) is 0 Å². The molecule has 9 nitrogen and oxygen atoms in total. The lowest BCUT2D eigenvalue weighted by atomic mass is 10.1. The summed E-state index contributed by atoms with van der Waals surface area (Å²) in [5.41, 5.74) is 1.17. The number of rotatable bonds is 10. The molecule has 0 unspecified atom stereocenters. The van der Waals surface area contributed by atoms with Crippen molar-refractivity contribution in [2.24, 2.45) is 0 Å². The number of carbonyl (C=O) groups is 1. The van der Waals surface area contributed by atoms with E-state index >= 15 is 0 Å². The van der Waals surface area contributed by atoms with Gasteiger partial charge in [-0.2, -0.15) is 0 Å². The van der Waals surface area contributed by atoms with Gasteiger partial charge in [-0.15, -0.1) is 0 Å². The largest absolute Gasteiger partial charge is 0.492 e. The van der Waals surface area contributed by atoms with Gasteiger partial charge in [0.25, 0.3) is 0 Å². The van der Waals surface area contributed by atoms with Crippen molar-refractivity contribution in [1.29, 1.82) is 0 Å². The summed E-state index contributed by atoms with van der Waals surface area (Å²) in [6, 6.07) is 17.4. The standard InChI is InChI=1S/C30H40N4O5/c1-30(2,3)39-29(37)33(21-22-38-27-7-5-4-6-8-27)18-17-32-19-20-34(28(32)36)25-11-9-24(10-12-25)23-31-15-13-26(35)14-16-31/h4-12,19-20,26,35H,13-18,21-23H2,1-3H3. The number of nitrogens with zero attached hydrogens (tertiary/aromatic N) is 4. The number of benzene rings is 2. The summed E-state index contributed by atoms with van der Waals surface area (Å²) in [7, 11) is 0. The van der Waals surface area contributed by atoms with Gasteiger partial charge in [0.1, 0.15) is 18.0 Å². The molecular formula is C30H40N4O5. The summed E-state index contributed by atoms with van der Waals surface area (Å²) in [6.45, 7) is 9.38. The molecule has 1 amide bonds. The zero-order chi connectivity index (χ0) is 27.8. The summed E-state index contributed by atoms with van der Waals surface area (Å²) < 4.78 is 14.6. The third kappa shape index (κ3) is 8.46. The molecule has 0 aliphatic carbocycles. The number of carbonyl (C=O) groups excluding carboxylic acids is 1. The van der Waals surface area contributed by atoms with Crippen molar-refractivity contribution in [3.63, 3.8) is 0 Å². The van der Waals surface area contributed by atoms with Crippen molar-refractivity contribution in [3.8, 4) is 11.4 Å². The maximum atomic E-state index is 13.1.